The fourth-order valence-corrected chi connectivity index (χ4v) is 2.47. The van der Waals surface area contributed by atoms with Crippen LogP contribution < -0.4 is 16.0 Å². The Labute approximate surface area is 121 Å². The number of nitrogens with one attached hydrogen (secondary N) is 3. The van der Waals surface area contributed by atoms with Crippen LogP contribution >= 0.6 is 12.4 Å². The van der Waals surface area contributed by atoms with E-state index in [0.717, 1.165) is 38.8 Å². The molecule has 2 amide bonds. The van der Waals surface area contributed by atoms with Gasteiger partial charge in [0.15, 0.2) is 0 Å². The largest absolute Gasteiger partial charge is 0.353 e. The average molecular weight is 292 g/mol. The number of carbonyl (C=O) groups is 2. The van der Waals surface area contributed by atoms with Crippen LogP contribution in [0, 0.1) is 5.92 Å². The van der Waals surface area contributed by atoms with Crippen LogP contribution in [-0.2, 0) is 9.59 Å². The molecule has 112 valence electrons. The van der Waals surface area contributed by atoms with Gasteiger partial charge >= 0.3 is 0 Å². The van der Waals surface area contributed by atoms with E-state index in [1.165, 1.54) is 6.92 Å². The molecule has 3 N–H and O–H groups in total. The van der Waals surface area contributed by atoms with Crippen LogP contribution in [0.5, 0.6) is 0 Å². The second-order valence-electron chi connectivity index (χ2n) is 4.87. The van der Waals surface area contributed by atoms with Gasteiger partial charge in [-0.15, -0.1) is 12.4 Å². The normalized spacial score (nSPS) is 16.5. The van der Waals surface area contributed by atoms with Gasteiger partial charge in [-0.25, -0.2) is 0 Å². The van der Waals surface area contributed by atoms with Gasteiger partial charge in [-0.1, -0.05) is 19.8 Å². The highest BCUT2D eigenvalue weighted by atomic mass is 35.5. The quantitative estimate of drug-likeness (QED) is 0.609. The fraction of sp³-hybridized carbons (Fsp3) is 0.846. The maximum Gasteiger partial charge on any atom is 0.242 e. The van der Waals surface area contributed by atoms with E-state index in [1.54, 1.807) is 0 Å². The van der Waals surface area contributed by atoms with E-state index in [0.29, 0.717) is 12.5 Å². The van der Waals surface area contributed by atoms with Crippen LogP contribution in [0.1, 0.15) is 39.5 Å². The minimum absolute atomic E-state index is 0. The van der Waals surface area contributed by atoms with E-state index in [4.69, 9.17) is 0 Å². The molecule has 0 aromatic heterocycles. The molecule has 1 rings (SSSR count). The highest BCUT2D eigenvalue weighted by Gasteiger charge is 2.30. The number of hydrogen-bond acceptors (Lipinski definition) is 3. The Morgan fingerprint density at radius 3 is 2.37 bits per heavy atom. The van der Waals surface area contributed by atoms with Crippen LogP contribution in [0.15, 0.2) is 0 Å². The minimum atomic E-state index is -0.355. The molecule has 1 aliphatic rings. The summed E-state index contributed by atoms with van der Waals surface area (Å²) < 4.78 is 0. The molecular weight excluding hydrogens is 266 g/mol. The third kappa shape index (κ3) is 6.78. The van der Waals surface area contributed by atoms with Crippen LogP contribution in [0.2, 0.25) is 0 Å². The zero-order chi connectivity index (χ0) is 13.4. The molecule has 5 nitrogen and oxygen atoms in total. The Kier molecular flexibility index (Phi) is 9.61. The van der Waals surface area contributed by atoms with E-state index < -0.39 is 0 Å². The zero-order valence-electron chi connectivity index (χ0n) is 11.8. The SMILES string of the molecule is CCNCCNC(=O)C(NC(C)=O)C1CCCC1.Cl. The molecule has 1 aliphatic carbocycles. The molecule has 1 saturated carbocycles. The van der Waals surface area contributed by atoms with E-state index >= 15 is 0 Å². The predicted molar refractivity (Wildman–Crippen MR) is 78.4 cm³/mol. The molecule has 0 heterocycles. The summed E-state index contributed by atoms with van der Waals surface area (Å²) in [7, 11) is 0. The first kappa shape index (κ1) is 18.2. The first-order valence-corrected chi connectivity index (χ1v) is 6.90. The van der Waals surface area contributed by atoms with Crippen molar-refractivity contribution in [3.05, 3.63) is 0 Å². The molecule has 0 radical (unpaired) electrons. The lowest BCUT2D eigenvalue weighted by Gasteiger charge is -2.23. The second-order valence-corrected chi connectivity index (χ2v) is 4.87. The monoisotopic (exact) mass is 291 g/mol. The van der Waals surface area contributed by atoms with Gasteiger partial charge in [0.1, 0.15) is 6.04 Å². The molecule has 0 aliphatic heterocycles. The number of halogens is 1. The molecule has 0 aromatic carbocycles. The summed E-state index contributed by atoms with van der Waals surface area (Å²) >= 11 is 0. The van der Waals surface area contributed by atoms with Crippen molar-refractivity contribution in [1.29, 1.82) is 0 Å². The van der Waals surface area contributed by atoms with Crippen LogP contribution in [0.3, 0.4) is 0 Å². The van der Waals surface area contributed by atoms with Gasteiger partial charge in [0, 0.05) is 20.0 Å². The summed E-state index contributed by atoms with van der Waals surface area (Å²) in [4.78, 5) is 23.3. The second kappa shape index (κ2) is 10.0. The molecule has 1 fully saturated rings. The Morgan fingerprint density at radius 2 is 1.84 bits per heavy atom. The molecule has 0 saturated heterocycles. The van der Waals surface area contributed by atoms with Crippen LogP contribution in [0.25, 0.3) is 0 Å². The summed E-state index contributed by atoms with van der Waals surface area (Å²) in [5.41, 5.74) is 0. The Balaban J connectivity index is 0.00000324. The Bertz CT molecular complexity index is 281. The molecule has 0 aromatic rings. The van der Waals surface area contributed by atoms with Crippen LogP contribution in [-0.4, -0.2) is 37.5 Å². The Morgan fingerprint density at radius 1 is 1.21 bits per heavy atom. The lowest BCUT2D eigenvalue weighted by Crippen LogP contribution is -2.50. The maximum atomic E-state index is 12.1. The summed E-state index contributed by atoms with van der Waals surface area (Å²) in [6, 6.07) is -0.355. The summed E-state index contributed by atoms with van der Waals surface area (Å²) in [6.07, 6.45) is 4.38. The standard InChI is InChI=1S/C13H25N3O2.ClH/c1-3-14-8-9-15-13(18)12(16-10(2)17)11-6-4-5-7-11;/h11-12,14H,3-9H2,1-2H3,(H,15,18)(H,16,17);1H. The number of hydrogen-bond donors (Lipinski definition) is 3. The molecule has 6 heteroatoms. The predicted octanol–water partition coefficient (Wildman–Crippen LogP) is 0.829. The van der Waals surface area contributed by atoms with Crippen molar-refractivity contribution in [2.24, 2.45) is 5.92 Å². The zero-order valence-corrected chi connectivity index (χ0v) is 12.6. The molecule has 1 unspecified atom stereocenters. The highest BCUT2D eigenvalue weighted by Crippen LogP contribution is 2.27. The summed E-state index contributed by atoms with van der Waals surface area (Å²) in [5, 5.41) is 8.83. The van der Waals surface area contributed by atoms with E-state index in [1.807, 2.05) is 6.92 Å². The number of likely N-dealkylation sites (N-methyl/N-ethyl adjacent to an activating group) is 1. The first-order valence-electron chi connectivity index (χ1n) is 6.90. The third-order valence-electron chi connectivity index (χ3n) is 3.36. The molecule has 0 bridgehead atoms. The summed E-state index contributed by atoms with van der Waals surface area (Å²) in [6.45, 7) is 5.76. The van der Waals surface area contributed by atoms with E-state index in [-0.39, 0.29) is 30.3 Å². The van der Waals surface area contributed by atoms with E-state index in [9.17, 15) is 9.59 Å². The topological polar surface area (TPSA) is 70.2 Å². The number of carbonyl (C=O) groups excluding carboxylic acids is 2. The van der Waals surface area contributed by atoms with Gasteiger partial charge < -0.3 is 16.0 Å². The number of rotatable bonds is 7. The van der Waals surface area contributed by atoms with Gasteiger partial charge in [-0.2, -0.15) is 0 Å². The van der Waals surface area contributed by atoms with Gasteiger partial charge in [-0.05, 0) is 25.3 Å². The molecule has 19 heavy (non-hydrogen) atoms. The van der Waals surface area contributed by atoms with Gasteiger partial charge in [-0.3, -0.25) is 9.59 Å². The highest BCUT2D eigenvalue weighted by molar-refractivity contribution is 5.87. The third-order valence-corrected chi connectivity index (χ3v) is 3.36. The fourth-order valence-electron chi connectivity index (χ4n) is 2.47. The van der Waals surface area contributed by atoms with Gasteiger partial charge in [0.25, 0.3) is 0 Å². The van der Waals surface area contributed by atoms with Crippen molar-refractivity contribution < 1.29 is 9.59 Å². The molecule has 1 atom stereocenters. The smallest absolute Gasteiger partial charge is 0.242 e. The van der Waals surface area contributed by atoms with Crippen LogP contribution in [0.4, 0.5) is 0 Å². The van der Waals surface area contributed by atoms with Gasteiger partial charge in [0.05, 0.1) is 0 Å². The number of amides is 2. The van der Waals surface area contributed by atoms with Crippen molar-refractivity contribution in [3.8, 4) is 0 Å². The van der Waals surface area contributed by atoms with Gasteiger partial charge in [0.2, 0.25) is 11.8 Å². The lowest BCUT2D eigenvalue weighted by molar-refractivity contribution is -0.129. The summed E-state index contributed by atoms with van der Waals surface area (Å²) in [5.74, 6) is 0.122. The molecule has 0 spiro atoms. The van der Waals surface area contributed by atoms with Crippen molar-refractivity contribution in [2.45, 2.75) is 45.6 Å². The maximum absolute atomic E-state index is 12.1. The van der Waals surface area contributed by atoms with Crippen molar-refractivity contribution in [3.63, 3.8) is 0 Å². The average Bonchev–Trinajstić information content (AvgIpc) is 2.84. The minimum Gasteiger partial charge on any atom is -0.353 e. The van der Waals surface area contributed by atoms with Crippen molar-refractivity contribution in [2.75, 3.05) is 19.6 Å². The van der Waals surface area contributed by atoms with Crippen molar-refractivity contribution >= 4 is 24.2 Å². The Hall–Kier alpha value is -0.810. The van der Waals surface area contributed by atoms with E-state index in [2.05, 4.69) is 16.0 Å². The van der Waals surface area contributed by atoms with Crippen molar-refractivity contribution in [1.82, 2.24) is 16.0 Å². The first-order chi connectivity index (χ1) is 8.65. The molecular formula is C13H26ClN3O2. The lowest BCUT2D eigenvalue weighted by atomic mass is 9.97.